The number of carbonyl (C=O) groups is 1. The lowest BCUT2D eigenvalue weighted by Gasteiger charge is -2.30. The van der Waals surface area contributed by atoms with E-state index in [2.05, 4.69) is 10.1 Å². The number of rotatable bonds is 5. The lowest BCUT2D eigenvalue weighted by atomic mass is 9.85. The third-order valence-electron chi connectivity index (χ3n) is 3.11. The van der Waals surface area contributed by atoms with Crippen molar-refractivity contribution in [3.8, 4) is 0 Å². The van der Waals surface area contributed by atoms with Crippen molar-refractivity contribution < 1.29 is 14.6 Å². The number of hydrogen-bond donors (Lipinski definition) is 2. The molecule has 1 fully saturated rings. The molecule has 0 aromatic carbocycles. The van der Waals surface area contributed by atoms with Crippen LogP contribution in [0.4, 0.5) is 0 Å². The van der Waals surface area contributed by atoms with Gasteiger partial charge >= 0.3 is 5.97 Å². The zero-order valence-corrected chi connectivity index (χ0v) is 9.37. The van der Waals surface area contributed by atoms with E-state index in [0.29, 0.717) is 24.9 Å². The first-order valence-electron chi connectivity index (χ1n) is 5.69. The topological polar surface area (TPSA) is 58.6 Å². The Kier molecular flexibility index (Phi) is 5.65. The molecular weight excluding hydrogens is 194 g/mol. The highest BCUT2D eigenvalue weighted by molar-refractivity contribution is 5.69. The summed E-state index contributed by atoms with van der Waals surface area (Å²) >= 11 is 0. The van der Waals surface area contributed by atoms with Crippen molar-refractivity contribution in [3.05, 3.63) is 0 Å². The molecule has 0 heterocycles. The van der Waals surface area contributed by atoms with Crippen LogP contribution in [-0.2, 0) is 9.53 Å². The van der Waals surface area contributed by atoms with Gasteiger partial charge in [-0.1, -0.05) is 12.8 Å². The maximum Gasteiger partial charge on any atom is 0.306 e. The molecule has 88 valence electrons. The summed E-state index contributed by atoms with van der Waals surface area (Å²) in [5, 5.41) is 12.5. The van der Waals surface area contributed by atoms with Crippen molar-refractivity contribution in [1.29, 1.82) is 0 Å². The molecule has 0 saturated heterocycles. The number of esters is 1. The normalized spacial score (nSPS) is 26.3. The number of ether oxygens (including phenoxy) is 1. The van der Waals surface area contributed by atoms with E-state index in [4.69, 9.17) is 0 Å². The summed E-state index contributed by atoms with van der Waals surface area (Å²) in [5.74, 6) is 0.176. The highest BCUT2D eigenvalue weighted by Gasteiger charge is 2.23. The summed E-state index contributed by atoms with van der Waals surface area (Å²) in [4.78, 5) is 10.9. The van der Waals surface area contributed by atoms with Crippen molar-refractivity contribution >= 4 is 5.97 Å². The molecule has 0 aromatic heterocycles. The van der Waals surface area contributed by atoms with Crippen molar-refractivity contribution in [2.45, 2.75) is 38.1 Å². The highest BCUT2D eigenvalue weighted by Crippen LogP contribution is 2.23. The zero-order chi connectivity index (χ0) is 11.1. The van der Waals surface area contributed by atoms with Gasteiger partial charge in [0.05, 0.1) is 13.5 Å². The monoisotopic (exact) mass is 215 g/mol. The van der Waals surface area contributed by atoms with E-state index in [1.165, 1.54) is 20.0 Å². The number of aliphatic hydroxyl groups is 1. The quantitative estimate of drug-likeness (QED) is 0.662. The molecule has 0 amide bonds. The first-order valence-corrected chi connectivity index (χ1v) is 5.69. The summed E-state index contributed by atoms with van der Waals surface area (Å²) in [5.41, 5.74) is 0. The second-order valence-electron chi connectivity index (χ2n) is 4.11. The first-order chi connectivity index (χ1) is 7.27. The van der Waals surface area contributed by atoms with Gasteiger partial charge in [0.15, 0.2) is 0 Å². The third-order valence-corrected chi connectivity index (χ3v) is 3.11. The zero-order valence-electron chi connectivity index (χ0n) is 9.37. The van der Waals surface area contributed by atoms with Crippen molar-refractivity contribution in [1.82, 2.24) is 5.32 Å². The molecule has 2 N–H and O–H groups in total. The maximum absolute atomic E-state index is 10.9. The van der Waals surface area contributed by atoms with Crippen molar-refractivity contribution in [2.75, 3.05) is 20.3 Å². The number of hydrogen-bond acceptors (Lipinski definition) is 4. The van der Waals surface area contributed by atoms with Gasteiger partial charge in [-0.25, -0.2) is 0 Å². The smallest absolute Gasteiger partial charge is 0.306 e. The molecule has 0 spiro atoms. The van der Waals surface area contributed by atoms with Crippen LogP contribution < -0.4 is 5.32 Å². The minimum Gasteiger partial charge on any atom is -0.469 e. The Bertz CT molecular complexity index is 196. The first kappa shape index (κ1) is 12.5. The van der Waals surface area contributed by atoms with Crippen LogP contribution in [0.3, 0.4) is 0 Å². The van der Waals surface area contributed by atoms with Crippen LogP contribution in [0.25, 0.3) is 0 Å². The predicted molar refractivity (Wildman–Crippen MR) is 57.5 cm³/mol. The average Bonchev–Trinajstić information content (AvgIpc) is 2.29. The van der Waals surface area contributed by atoms with Crippen LogP contribution in [0.1, 0.15) is 32.1 Å². The predicted octanol–water partition coefficient (Wildman–Crippen LogP) is 0.690. The molecule has 0 bridgehead atoms. The fraction of sp³-hybridized carbons (Fsp3) is 0.909. The molecular formula is C11H21NO3. The number of aliphatic hydroxyl groups excluding tert-OH is 1. The highest BCUT2D eigenvalue weighted by atomic mass is 16.5. The average molecular weight is 215 g/mol. The van der Waals surface area contributed by atoms with Crippen LogP contribution in [0, 0.1) is 5.92 Å². The van der Waals surface area contributed by atoms with Gasteiger partial charge in [-0.15, -0.1) is 0 Å². The van der Waals surface area contributed by atoms with Crippen LogP contribution in [0.5, 0.6) is 0 Å². The van der Waals surface area contributed by atoms with E-state index in [1.807, 2.05) is 0 Å². The van der Waals surface area contributed by atoms with Gasteiger partial charge < -0.3 is 15.2 Å². The summed E-state index contributed by atoms with van der Waals surface area (Å²) in [7, 11) is 1.40. The standard InChI is InChI=1S/C11H21NO3/c1-15-11(14)6-7-12-10-5-3-2-4-9(10)8-13/h9-10,12-13H,2-8H2,1H3. The van der Waals surface area contributed by atoms with Gasteiger partial charge in [-0.3, -0.25) is 4.79 Å². The number of carbonyl (C=O) groups excluding carboxylic acids is 1. The lowest BCUT2D eigenvalue weighted by Crippen LogP contribution is -2.41. The molecule has 15 heavy (non-hydrogen) atoms. The number of nitrogens with one attached hydrogen (secondary N) is 1. The fourth-order valence-electron chi connectivity index (χ4n) is 2.16. The summed E-state index contributed by atoms with van der Waals surface area (Å²) in [6.45, 7) is 0.893. The van der Waals surface area contributed by atoms with E-state index in [-0.39, 0.29) is 12.6 Å². The van der Waals surface area contributed by atoms with Gasteiger partial charge in [0.2, 0.25) is 0 Å². The fourth-order valence-corrected chi connectivity index (χ4v) is 2.16. The van der Waals surface area contributed by atoms with Gasteiger partial charge in [-0.05, 0) is 18.8 Å². The number of methoxy groups -OCH3 is 1. The molecule has 1 aliphatic carbocycles. The van der Waals surface area contributed by atoms with E-state index >= 15 is 0 Å². The molecule has 4 heteroatoms. The largest absolute Gasteiger partial charge is 0.469 e. The van der Waals surface area contributed by atoms with Gasteiger partial charge in [0, 0.05) is 19.2 Å². The van der Waals surface area contributed by atoms with E-state index < -0.39 is 0 Å². The summed E-state index contributed by atoms with van der Waals surface area (Å²) in [6, 6.07) is 0.369. The minimum atomic E-state index is -0.182. The summed E-state index contributed by atoms with van der Waals surface area (Å²) in [6.07, 6.45) is 5.02. The lowest BCUT2D eigenvalue weighted by molar-refractivity contribution is -0.140. The SMILES string of the molecule is COC(=O)CCNC1CCCCC1CO. The van der Waals surface area contributed by atoms with Crippen LogP contribution in [-0.4, -0.2) is 37.4 Å². The molecule has 0 aromatic rings. The molecule has 1 saturated carbocycles. The van der Waals surface area contributed by atoms with Crippen molar-refractivity contribution in [3.63, 3.8) is 0 Å². The Morgan fingerprint density at radius 1 is 1.47 bits per heavy atom. The van der Waals surface area contributed by atoms with Gasteiger partial charge in [-0.2, -0.15) is 0 Å². The second-order valence-corrected chi connectivity index (χ2v) is 4.11. The molecule has 4 nitrogen and oxygen atoms in total. The van der Waals surface area contributed by atoms with Gasteiger partial charge in [0.25, 0.3) is 0 Å². The van der Waals surface area contributed by atoms with E-state index in [0.717, 1.165) is 12.8 Å². The van der Waals surface area contributed by atoms with Crippen LogP contribution >= 0.6 is 0 Å². The van der Waals surface area contributed by atoms with Crippen LogP contribution in [0.15, 0.2) is 0 Å². The third kappa shape index (κ3) is 4.18. The van der Waals surface area contributed by atoms with E-state index in [1.54, 1.807) is 0 Å². The van der Waals surface area contributed by atoms with Crippen molar-refractivity contribution in [2.24, 2.45) is 5.92 Å². The second kappa shape index (κ2) is 6.80. The molecule has 1 aliphatic rings. The molecule has 2 unspecified atom stereocenters. The van der Waals surface area contributed by atoms with E-state index in [9.17, 15) is 9.90 Å². The Hall–Kier alpha value is -0.610. The van der Waals surface area contributed by atoms with Gasteiger partial charge in [0.1, 0.15) is 0 Å². The molecule has 1 rings (SSSR count). The Morgan fingerprint density at radius 3 is 2.87 bits per heavy atom. The maximum atomic E-state index is 10.9. The minimum absolute atomic E-state index is 0.182. The Labute approximate surface area is 91.0 Å². The Balaban J connectivity index is 2.20. The summed E-state index contributed by atoms with van der Waals surface area (Å²) < 4.78 is 4.56. The molecule has 2 atom stereocenters. The molecule has 0 aliphatic heterocycles. The van der Waals surface area contributed by atoms with Crippen LogP contribution in [0.2, 0.25) is 0 Å². The molecule has 0 radical (unpaired) electrons. The Morgan fingerprint density at radius 2 is 2.20 bits per heavy atom.